The van der Waals surface area contributed by atoms with Gasteiger partial charge in [0.05, 0.1) is 0 Å². The van der Waals surface area contributed by atoms with Gasteiger partial charge in [0.2, 0.25) is 5.91 Å². The molecule has 0 unspecified atom stereocenters. The fourth-order valence-corrected chi connectivity index (χ4v) is 4.12. The van der Waals surface area contributed by atoms with Crippen LogP contribution in [-0.2, 0) is 9.59 Å². The minimum Gasteiger partial charge on any atom is -0.480 e. The number of likely N-dealkylation sites (tertiary alicyclic amines) is 2. The largest absolute Gasteiger partial charge is 0.480 e. The summed E-state index contributed by atoms with van der Waals surface area (Å²) in [6, 6.07) is 3.68. The molecule has 1 atom stereocenters. The van der Waals surface area contributed by atoms with Gasteiger partial charge in [-0.1, -0.05) is 12.1 Å². The number of aryl methyl sites for hydroxylation is 1. The summed E-state index contributed by atoms with van der Waals surface area (Å²) < 4.78 is 14.3. The molecular formula is C20H27FN2O3. The van der Waals surface area contributed by atoms with Gasteiger partial charge in [-0.25, -0.2) is 4.39 Å². The third-order valence-electron chi connectivity index (χ3n) is 5.60. The SMILES string of the molecule is Cc1ccc([C@H](C(=O)O)N2CCC(C(=O)N3CCCCC3)CC2)c(F)c1. The molecule has 2 aliphatic heterocycles. The maximum Gasteiger partial charge on any atom is 0.325 e. The lowest BCUT2D eigenvalue weighted by Crippen LogP contribution is -2.46. The number of carbonyl (C=O) groups is 2. The fraction of sp³-hybridized carbons (Fsp3) is 0.600. The van der Waals surface area contributed by atoms with Crippen LogP contribution in [0.4, 0.5) is 4.39 Å². The molecule has 0 spiro atoms. The molecule has 0 aromatic heterocycles. The number of carboxylic acid groups (broad SMARTS) is 1. The molecule has 0 bridgehead atoms. The molecule has 3 rings (SSSR count). The Morgan fingerprint density at radius 3 is 2.35 bits per heavy atom. The summed E-state index contributed by atoms with van der Waals surface area (Å²) in [5.41, 5.74) is 0.963. The van der Waals surface area contributed by atoms with Gasteiger partial charge in [0.25, 0.3) is 0 Å². The summed E-state index contributed by atoms with van der Waals surface area (Å²) in [5.74, 6) is -1.36. The van der Waals surface area contributed by atoms with Crippen LogP contribution < -0.4 is 0 Å². The van der Waals surface area contributed by atoms with E-state index in [2.05, 4.69) is 0 Å². The number of piperidine rings is 2. The number of hydrogen-bond donors (Lipinski definition) is 1. The number of amides is 1. The van der Waals surface area contributed by atoms with Crippen LogP contribution >= 0.6 is 0 Å². The lowest BCUT2D eigenvalue weighted by atomic mass is 9.92. The zero-order valence-electron chi connectivity index (χ0n) is 15.3. The topological polar surface area (TPSA) is 60.9 Å². The van der Waals surface area contributed by atoms with Gasteiger partial charge in [0.1, 0.15) is 11.9 Å². The number of halogens is 1. The van der Waals surface area contributed by atoms with Gasteiger partial charge in [0.15, 0.2) is 0 Å². The molecule has 0 aliphatic carbocycles. The second kappa shape index (κ2) is 8.16. The van der Waals surface area contributed by atoms with Crippen molar-refractivity contribution in [2.24, 2.45) is 5.92 Å². The van der Waals surface area contributed by atoms with Crippen LogP contribution in [-0.4, -0.2) is 53.0 Å². The zero-order chi connectivity index (χ0) is 18.7. The number of nitrogens with zero attached hydrogens (tertiary/aromatic N) is 2. The third-order valence-corrected chi connectivity index (χ3v) is 5.60. The smallest absolute Gasteiger partial charge is 0.325 e. The van der Waals surface area contributed by atoms with E-state index in [0.29, 0.717) is 25.9 Å². The normalized spacial score (nSPS) is 20.8. The third kappa shape index (κ3) is 4.06. The van der Waals surface area contributed by atoms with E-state index in [4.69, 9.17) is 0 Å². The Bertz CT molecular complexity index is 665. The Balaban J connectivity index is 1.66. The highest BCUT2D eigenvalue weighted by Crippen LogP contribution is 2.30. The van der Waals surface area contributed by atoms with Gasteiger partial charge in [-0.3, -0.25) is 14.5 Å². The molecule has 2 saturated heterocycles. The summed E-state index contributed by atoms with van der Waals surface area (Å²) in [6.45, 7) is 4.44. The van der Waals surface area contributed by atoms with Crippen molar-refractivity contribution in [2.75, 3.05) is 26.2 Å². The molecule has 2 fully saturated rings. The van der Waals surface area contributed by atoms with Gasteiger partial charge < -0.3 is 10.0 Å². The van der Waals surface area contributed by atoms with Crippen molar-refractivity contribution in [1.29, 1.82) is 0 Å². The predicted octanol–water partition coefficient (Wildman–Crippen LogP) is 2.98. The Morgan fingerprint density at radius 2 is 1.77 bits per heavy atom. The molecule has 1 amide bonds. The lowest BCUT2D eigenvalue weighted by molar-refractivity contribution is -0.145. The van der Waals surface area contributed by atoms with Crippen LogP contribution in [0.25, 0.3) is 0 Å². The molecule has 2 heterocycles. The zero-order valence-corrected chi connectivity index (χ0v) is 15.3. The highest BCUT2D eigenvalue weighted by molar-refractivity contribution is 5.79. The summed E-state index contributed by atoms with van der Waals surface area (Å²) in [6.07, 6.45) is 4.58. The van der Waals surface area contributed by atoms with Crippen LogP contribution in [0.15, 0.2) is 18.2 Å². The van der Waals surface area contributed by atoms with E-state index in [0.717, 1.165) is 31.5 Å². The molecule has 26 heavy (non-hydrogen) atoms. The van der Waals surface area contributed by atoms with E-state index in [-0.39, 0.29) is 17.4 Å². The molecular weight excluding hydrogens is 335 g/mol. The summed E-state index contributed by atoms with van der Waals surface area (Å²) in [5, 5.41) is 9.67. The van der Waals surface area contributed by atoms with E-state index < -0.39 is 17.8 Å². The molecule has 142 valence electrons. The van der Waals surface area contributed by atoms with E-state index >= 15 is 0 Å². The molecule has 1 aromatic carbocycles. The second-order valence-electron chi connectivity index (χ2n) is 7.46. The summed E-state index contributed by atoms with van der Waals surface area (Å²) in [4.78, 5) is 28.2. The van der Waals surface area contributed by atoms with Gasteiger partial charge in [0, 0.05) is 37.7 Å². The first-order valence-electron chi connectivity index (χ1n) is 9.49. The molecule has 1 N–H and O–H groups in total. The van der Waals surface area contributed by atoms with Crippen molar-refractivity contribution in [3.05, 3.63) is 35.1 Å². The van der Waals surface area contributed by atoms with E-state index in [1.165, 1.54) is 12.5 Å². The Morgan fingerprint density at radius 1 is 1.12 bits per heavy atom. The van der Waals surface area contributed by atoms with Crippen molar-refractivity contribution in [1.82, 2.24) is 9.80 Å². The van der Waals surface area contributed by atoms with Crippen LogP contribution in [0.5, 0.6) is 0 Å². The minimum atomic E-state index is -1.05. The Kier molecular flexibility index (Phi) is 5.91. The van der Waals surface area contributed by atoms with E-state index in [9.17, 15) is 19.1 Å². The van der Waals surface area contributed by atoms with Crippen LogP contribution in [0.1, 0.15) is 49.3 Å². The fourth-order valence-electron chi connectivity index (χ4n) is 4.12. The number of carbonyl (C=O) groups excluding carboxylic acids is 1. The maximum absolute atomic E-state index is 14.3. The molecule has 1 aromatic rings. The van der Waals surface area contributed by atoms with Crippen molar-refractivity contribution < 1.29 is 19.1 Å². The van der Waals surface area contributed by atoms with E-state index in [1.807, 2.05) is 4.90 Å². The van der Waals surface area contributed by atoms with Crippen molar-refractivity contribution in [3.63, 3.8) is 0 Å². The van der Waals surface area contributed by atoms with Crippen LogP contribution in [0.2, 0.25) is 0 Å². The quantitative estimate of drug-likeness (QED) is 0.895. The van der Waals surface area contributed by atoms with Crippen LogP contribution in [0, 0.1) is 18.7 Å². The number of rotatable bonds is 4. The first-order chi connectivity index (χ1) is 12.5. The number of hydrogen-bond acceptors (Lipinski definition) is 3. The second-order valence-corrected chi connectivity index (χ2v) is 7.46. The molecule has 0 radical (unpaired) electrons. The van der Waals surface area contributed by atoms with Crippen molar-refractivity contribution >= 4 is 11.9 Å². The highest BCUT2D eigenvalue weighted by Gasteiger charge is 2.35. The number of carboxylic acids is 1. The molecule has 6 heteroatoms. The summed E-state index contributed by atoms with van der Waals surface area (Å²) in [7, 11) is 0. The first kappa shape index (κ1) is 18.8. The van der Waals surface area contributed by atoms with Gasteiger partial charge in [-0.2, -0.15) is 0 Å². The number of benzene rings is 1. The predicted molar refractivity (Wildman–Crippen MR) is 96.2 cm³/mol. The van der Waals surface area contributed by atoms with Gasteiger partial charge >= 0.3 is 5.97 Å². The average Bonchev–Trinajstić information content (AvgIpc) is 2.64. The Labute approximate surface area is 153 Å². The molecule has 5 nitrogen and oxygen atoms in total. The lowest BCUT2D eigenvalue weighted by Gasteiger charge is -2.37. The maximum atomic E-state index is 14.3. The first-order valence-corrected chi connectivity index (χ1v) is 9.49. The van der Waals surface area contributed by atoms with Crippen molar-refractivity contribution in [2.45, 2.75) is 45.1 Å². The Hall–Kier alpha value is -1.95. The highest BCUT2D eigenvalue weighted by atomic mass is 19.1. The monoisotopic (exact) mass is 362 g/mol. The standard InChI is InChI=1S/C20H27FN2O3/c1-14-5-6-16(17(21)13-14)18(20(25)26)22-11-7-15(8-12-22)19(24)23-9-3-2-4-10-23/h5-6,13,15,18H,2-4,7-12H2,1H3,(H,25,26)/t18-/m1/s1. The van der Waals surface area contributed by atoms with Gasteiger partial charge in [-0.15, -0.1) is 0 Å². The number of aliphatic carboxylic acids is 1. The van der Waals surface area contributed by atoms with Crippen LogP contribution in [0.3, 0.4) is 0 Å². The van der Waals surface area contributed by atoms with E-state index in [1.54, 1.807) is 24.0 Å². The molecule has 0 saturated carbocycles. The average molecular weight is 362 g/mol. The minimum absolute atomic E-state index is 0.0401. The van der Waals surface area contributed by atoms with Gasteiger partial charge in [-0.05, 0) is 50.7 Å². The van der Waals surface area contributed by atoms with Crippen molar-refractivity contribution in [3.8, 4) is 0 Å². The summed E-state index contributed by atoms with van der Waals surface area (Å²) >= 11 is 0. The molecule has 2 aliphatic rings.